The molecular formula is C5H8N4O2. The number of aromatic nitrogens is 2. The van der Waals surface area contributed by atoms with Crippen molar-refractivity contribution >= 4 is 5.69 Å². The molecular weight excluding hydrogens is 148 g/mol. The van der Waals surface area contributed by atoms with Gasteiger partial charge in [-0.3, -0.25) is 15.6 Å². The zero-order valence-corrected chi connectivity index (χ0v) is 5.89. The molecule has 0 aliphatic heterocycles. The van der Waals surface area contributed by atoms with E-state index in [9.17, 15) is 9.59 Å². The van der Waals surface area contributed by atoms with Crippen LogP contribution in [0.1, 0.15) is 5.69 Å². The van der Waals surface area contributed by atoms with Gasteiger partial charge in [0.2, 0.25) is 0 Å². The molecule has 5 N–H and O–H groups in total. The summed E-state index contributed by atoms with van der Waals surface area (Å²) in [6.45, 7) is 1.58. The van der Waals surface area contributed by atoms with Crippen molar-refractivity contribution in [2.24, 2.45) is 5.84 Å². The highest BCUT2D eigenvalue weighted by Crippen LogP contribution is 1.97. The molecule has 0 aliphatic carbocycles. The van der Waals surface area contributed by atoms with Crippen LogP contribution < -0.4 is 22.5 Å². The summed E-state index contributed by atoms with van der Waals surface area (Å²) in [6.07, 6.45) is 0. The van der Waals surface area contributed by atoms with E-state index in [1.54, 1.807) is 6.92 Å². The fourth-order valence-electron chi connectivity index (χ4n) is 0.774. The van der Waals surface area contributed by atoms with E-state index in [1.165, 1.54) is 0 Å². The fraction of sp³-hybridized carbons (Fsp3) is 0.200. The summed E-state index contributed by atoms with van der Waals surface area (Å²) in [7, 11) is 0. The fourth-order valence-corrected chi connectivity index (χ4v) is 0.774. The van der Waals surface area contributed by atoms with Crippen molar-refractivity contribution in [2.75, 3.05) is 5.43 Å². The lowest BCUT2D eigenvalue weighted by Gasteiger charge is -2.00. The zero-order valence-electron chi connectivity index (χ0n) is 5.89. The maximum absolute atomic E-state index is 10.9. The van der Waals surface area contributed by atoms with E-state index in [0.29, 0.717) is 5.69 Å². The van der Waals surface area contributed by atoms with Crippen molar-refractivity contribution in [3.05, 3.63) is 26.5 Å². The van der Waals surface area contributed by atoms with Gasteiger partial charge in [0.25, 0.3) is 5.56 Å². The van der Waals surface area contributed by atoms with Crippen molar-refractivity contribution in [3.63, 3.8) is 0 Å². The van der Waals surface area contributed by atoms with Crippen molar-refractivity contribution < 1.29 is 0 Å². The number of nitrogens with one attached hydrogen (secondary N) is 3. The van der Waals surface area contributed by atoms with E-state index in [1.807, 2.05) is 4.98 Å². The summed E-state index contributed by atoms with van der Waals surface area (Å²) < 4.78 is 0. The van der Waals surface area contributed by atoms with Crippen LogP contribution in [0.25, 0.3) is 0 Å². The minimum Gasteiger partial charge on any atom is -0.318 e. The zero-order chi connectivity index (χ0) is 8.43. The number of hydrogen-bond donors (Lipinski definition) is 4. The molecule has 0 spiro atoms. The van der Waals surface area contributed by atoms with Crippen LogP contribution in [-0.2, 0) is 0 Å². The van der Waals surface area contributed by atoms with Gasteiger partial charge >= 0.3 is 5.69 Å². The van der Waals surface area contributed by atoms with Crippen LogP contribution in [0.3, 0.4) is 0 Å². The Labute approximate surface area is 61.4 Å². The number of rotatable bonds is 1. The van der Waals surface area contributed by atoms with E-state index in [0.717, 1.165) is 0 Å². The average Bonchev–Trinajstić information content (AvgIpc) is 1.85. The Morgan fingerprint density at radius 3 is 2.45 bits per heavy atom. The van der Waals surface area contributed by atoms with Crippen molar-refractivity contribution in [1.29, 1.82) is 0 Å². The molecule has 0 aliphatic rings. The SMILES string of the molecule is Cc1[nH]c(=O)[nH]c(=O)c1NN. The maximum atomic E-state index is 10.9. The van der Waals surface area contributed by atoms with Crippen LogP contribution >= 0.6 is 0 Å². The molecule has 60 valence electrons. The number of hydrazine groups is 1. The van der Waals surface area contributed by atoms with E-state index in [2.05, 4.69) is 10.4 Å². The lowest BCUT2D eigenvalue weighted by Crippen LogP contribution is -2.28. The normalized spacial score (nSPS) is 9.64. The number of nitrogen functional groups attached to an aromatic ring is 1. The van der Waals surface area contributed by atoms with E-state index >= 15 is 0 Å². The van der Waals surface area contributed by atoms with Crippen LogP contribution in [0.2, 0.25) is 0 Å². The van der Waals surface area contributed by atoms with Crippen LogP contribution in [0.5, 0.6) is 0 Å². The number of H-pyrrole nitrogens is 2. The summed E-state index contributed by atoms with van der Waals surface area (Å²) in [5.41, 5.74) is 1.71. The molecule has 1 aromatic heterocycles. The standard InChI is InChI=1S/C5H8N4O2/c1-2-3(9-6)4(10)8-5(11)7-2/h9H,6H2,1H3,(H2,7,8,10,11). The third-order valence-electron chi connectivity index (χ3n) is 1.27. The van der Waals surface area contributed by atoms with Gasteiger partial charge in [-0.2, -0.15) is 0 Å². The summed E-state index contributed by atoms with van der Waals surface area (Å²) in [5, 5.41) is 0. The molecule has 0 aromatic carbocycles. The van der Waals surface area contributed by atoms with Crippen molar-refractivity contribution in [2.45, 2.75) is 6.92 Å². The summed E-state index contributed by atoms with van der Waals surface area (Å²) in [4.78, 5) is 25.9. The van der Waals surface area contributed by atoms with Crippen LogP contribution in [0.4, 0.5) is 5.69 Å². The molecule has 0 saturated heterocycles. The van der Waals surface area contributed by atoms with Gasteiger partial charge in [0.05, 0.1) is 0 Å². The number of hydrogen-bond acceptors (Lipinski definition) is 4. The van der Waals surface area contributed by atoms with Crippen LogP contribution in [0.15, 0.2) is 9.59 Å². The largest absolute Gasteiger partial charge is 0.326 e. The molecule has 0 atom stereocenters. The Morgan fingerprint density at radius 2 is 2.00 bits per heavy atom. The Bertz CT molecular complexity index is 363. The molecule has 1 heterocycles. The molecule has 0 saturated carbocycles. The Morgan fingerprint density at radius 1 is 1.36 bits per heavy atom. The molecule has 6 nitrogen and oxygen atoms in total. The van der Waals surface area contributed by atoms with Crippen LogP contribution in [-0.4, -0.2) is 9.97 Å². The Kier molecular flexibility index (Phi) is 1.77. The van der Waals surface area contributed by atoms with E-state index in [4.69, 9.17) is 5.84 Å². The number of anilines is 1. The Hall–Kier alpha value is -1.56. The van der Waals surface area contributed by atoms with Gasteiger partial charge in [0.1, 0.15) is 5.69 Å². The van der Waals surface area contributed by atoms with Crippen molar-refractivity contribution in [1.82, 2.24) is 9.97 Å². The Balaban J connectivity index is 3.49. The second-order valence-electron chi connectivity index (χ2n) is 2.05. The van der Waals surface area contributed by atoms with Crippen LogP contribution in [0, 0.1) is 6.92 Å². The minimum absolute atomic E-state index is 0.171. The van der Waals surface area contributed by atoms with Gasteiger partial charge in [-0.1, -0.05) is 0 Å². The predicted molar refractivity (Wildman–Crippen MR) is 40.2 cm³/mol. The predicted octanol–water partition coefficient (Wildman–Crippen LogP) is -1.34. The minimum atomic E-state index is -0.536. The highest BCUT2D eigenvalue weighted by molar-refractivity contribution is 5.42. The van der Waals surface area contributed by atoms with Gasteiger partial charge in [0, 0.05) is 5.69 Å². The molecule has 0 fully saturated rings. The molecule has 11 heavy (non-hydrogen) atoms. The molecule has 6 heteroatoms. The highest BCUT2D eigenvalue weighted by atomic mass is 16.2. The summed E-state index contributed by atoms with van der Waals surface area (Å²) in [6, 6.07) is 0. The summed E-state index contributed by atoms with van der Waals surface area (Å²) in [5.74, 6) is 5.01. The monoisotopic (exact) mass is 156 g/mol. The number of nitrogens with two attached hydrogens (primary N) is 1. The third kappa shape index (κ3) is 1.30. The molecule has 1 rings (SSSR count). The number of aryl methyl sites for hydroxylation is 1. The third-order valence-corrected chi connectivity index (χ3v) is 1.27. The number of aromatic amines is 2. The molecule has 0 amide bonds. The van der Waals surface area contributed by atoms with E-state index in [-0.39, 0.29) is 5.69 Å². The lowest BCUT2D eigenvalue weighted by molar-refractivity contribution is 0.990. The average molecular weight is 156 g/mol. The first kappa shape index (κ1) is 7.55. The van der Waals surface area contributed by atoms with Gasteiger partial charge in [-0.15, -0.1) is 0 Å². The molecule has 0 radical (unpaired) electrons. The first-order chi connectivity index (χ1) is 5.15. The molecule has 0 bridgehead atoms. The lowest BCUT2D eigenvalue weighted by atomic mass is 10.4. The topological polar surface area (TPSA) is 104 Å². The molecule has 0 unspecified atom stereocenters. The quantitative estimate of drug-likeness (QED) is 0.298. The first-order valence-corrected chi connectivity index (χ1v) is 2.95. The van der Waals surface area contributed by atoms with E-state index < -0.39 is 11.2 Å². The van der Waals surface area contributed by atoms with Gasteiger partial charge < -0.3 is 10.4 Å². The van der Waals surface area contributed by atoms with Gasteiger partial charge in [-0.05, 0) is 6.92 Å². The second-order valence-corrected chi connectivity index (χ2v) is 2.05. The first-order valence-electron chi connectivity index (χ1n) is 2.95. The van der Waals surface area contributed by atoms with Gasteiger partial charge in [0.15, 0.2) is 0 Å². The smallest absolute Gasteiger partial charge is 0.318 e. The molecule has 1 aromatic rings. The second kappa shape index (κ2) is 2.59. The highest BCUT2D eigenvalue weighted by Gasteiger charge is 2.01. The van der Waals surface area contributed by atoms with Gasteiger partial charge in [-0.25, -0.2) is 4.79 Å². The van der Waals surface area contributed by atoms with Crippen molar-refractivity contribution in [3.8, 4) is 0 Å². The summed E-state index contributed by atoms with van der Waals surface area (Å²) >= 11 is 0. The maximum Gasteiger partial charge on any atom is 0.326 e.